The van der Waals surface area contributed by atoms with Crippen LogP contribution in [0.1, 0.15) is 18.1 Å². The minimum atomic E-state index is -0.876. The van der Waals surface area contributed by atoms with Crippen molar-refractivity contribution in [3.05, 3.63) is 83.4 Å². The summed E-state index contributed by atoms with van der Waals surface area (Å²) in [6.07, 6.45) is 1.49. The molecule has 0 heterocycles. The molecule has 0 unspecified atom stereocenters. The van der Waals surface area contributed by atoms with Crippen LogP contribution in [0.4, 0.5) is 0 Å². The normalized spacial score (nSPS) is 28.1. The van der Waals surface area contributed by atoms with E-state index in [9.17, 15) is 9.59 Å². The molecule has 4 rings (SSSR count). The van der Waals surface area contributed by atoms with Gasteiger partial charge in [-0.3, -0.25) is 9.59 Å². The van der Waals surface area contributed by atoms with Crippen LogP contribution >= 0.6 is 15.9 Å². The van der Waals surface area contributed by atoms with Gasteiger partial charge in [-0.05, 0) is 29.7 Å². The van der Waals surface area contributed by atoms with Crippen molar-refractivity contribution in [2.75, 3.05) is 0 Å². The number of halogens is 1. The minimum Gasteiger partial charge on any atom is -0.294 e. The maximum absolute atomic E-state index is 12.8. The quantitative estimate of drug-likeness (QED) is 0.756. The van der Waals surface area contributed by atoms with E-state index in [1.807, 2.05) is 60.7 Å². The summed E-state index contributed by atoms with van der Waals surface area (Å²) in [6, 6.07) is 19.7. The molecule has 0 saturated heterocycles. The Hall–Kier alpha value is -2.00. The van der Waals surface area contributed by atoms with E-state index in [1.54, 1.807) is 6.92 Å². The number of carbonyl (C=O) groups is 2. The van der Waals surface area contributed by atoms with Gasteiger partial charge in [0.05, 0.1) is 11.3 Å². The predicted octanol–water partition coefficient (Wildman–Crippen LogP) is 3.83. The van der Waals surface area contributed by atoms with E-state index in [4.69, 9.17) is 0 Å². The van der Waals surface area contributed by atoms with E-state index in [-0.39, 0.29) is 11.6 Å². The smallest absolute Gasteiger partial charge is 0.174 e. The van der Waals surface area contributed by atoms with E-state index < -0.39 is 15.7 Å². The summed E-state index contributed by atoms with van der Waals surface area (Å²) in [6.45, 7) is 1.73. The minimum absolute atomic E-state index is 0.0210. The topological polar surface area (TPSA) is 34.1 Å². The van der Waals surface area contributed by atoms with Crippen molar-refractivity contribution in [3.63, 3.8) is 0 Å². The van der Waals surface area contributed by atoms with Gasteiger partial charge < -0.3 is 0 Å². The van der Waals surface area contributed by atoms with Gasteiger partial charge in [-0.1, -0.05) is 76.6 Å². The van der Waals surface area contributed by atoms with Crippen molar-refractivity contribution in [2.24, 2.45) is 5.92 Å². The number of benzene rings is 2. The van der Waals surface area contributed by atoms with Crippen molar-refractivity contribution in [2.45, 2.75) is 16.7 Å². The summed E-state index contributed by atoms with van der Waals surface area (Å²) in [4.78, 5) is 25.6. The number of ketones is 2. The van der Waals surface area contributed by atoms with E-state index in [0.29, 0.717) is 5.57 Å². The lowest BCUT2D eigenvalue weighted by atomic mass is 9.83. The van der Waals surface area contributed by atoms with Gasteiger partial charge in [0.15, 0.2) is 11.6 Å². The van der Waals surface area contributed by atoms with Gasteiger partial charge in [-0.25, -0.2) is 0 Å². The van der Waals surface area contributed by atoms with Crippen LogP contribution in [0.3, 0.4) is 0 Å². The second kappa shape index (κ2) is 4.75. The fourth-order valence-electron chi connectivity index (χ4n) is 4.08. The van der Waals surface area contributed by atoms with E-state index >= 15 is 0 Å². The lowest BCUT2D eigenvalue weighted by Gasteiger charge is -2.21. The van der Waals surface area contributed by atoms with Gasteiger partial charge in [-0.2, -0.15) is 0 Å². The molecule has 2 aromatic rings. The number of alkyl halides is 1. The molecule has 0 N–H and O–H groups in total. The Morgan fingerprint density at radius 1 is 0.870 bits per heavy atom. The number of fused-ring (bicyclic) bond motifs is 1. The van der Waals surface area contributed by atoms with Crippen molar-refractivity contribution in [3.8, 4) is 0 Å². The summed E-state index contributed by atoms with van der Waals surface area (Å²) in [5.74, 6) is -0.362. The van der Waals surface area contributed by atoms with Crippen molar-refractivity contribution in [1.82, 2.24) is 0 Å². The summed E-state index contributed by atoms with van der Waals surface area (Å²) in [5.41, 5.74) is 1.90. The molecular weight excluding hydrogens is 352 g/mol. The van der Waals surface area contributed by atoms with Gasteiger partial charge in [-0.15, -0.1) is 0 Å². The molecule has 2 atom stereocenters. The number of hydrogen-bond donors (Lipinski definition) is 0. The number of rotatable bonds is 2. The molecular formula is C20H15BrO2. The van der Waals surface area contributed by atoms with E-state index in [2.05, 4.69) is 15.9 Å². The van der Waals surface area contributed by atoms with Gasteiger partial charge in [0.25, 0.3) is 0 Å². The molecule has 1 saturated carbocycles. The molecule has 114 valence electrons. The molecule has 0 radical (unpaired) electrons. The van der Waals surface area contributed by atoms with Crippen LogP contribution in [0.5, 0.6) is 0 Å². The van der Waals surface area contributed by atoms with Gasteiger partial charge in [0.1, 0.15) is 4.32 Å². The zero-order chi connectivity index (χ0) is 16.2. The molecule has 3 heteroatoms. The van der Waals surface area contributed by atoms with Crippen LogP contribution in [0.15, 0.2) is 72.3 Å². The fraction of sp³-hybridized carbons (Fsp3) is 0.200. The number of hydrogen-bond acceptors (Lipinski definition) is 2. The first kappa shape index (κ1) is 14.6. The number of carbonyl (C=O) groups excluding carboxylic acids is 2. The molecule has 1 fully saturated rings. The van der Waals surface area contributed by atoms with Gasteiger partial charge >= 0.3 is 0 Å². The Kier molecular flexibility index (Phi) is 3.01. The zero-order valence-electron chi connectivity index (χ0n) is 12.6. The molecule has 2 aromatic carbocycles. The summed E-state index contributed by atoms with van der Waals surface area (Å²) >= 11 is 3.68. The van der Waals surface area contributed by atoms with Crippen LogP contribution < -0.4 is 0 Å². The Labute approximate surface area is 143 Å². The summed E-state index contributed by atoms with van der Waals surface area (Å²) < 4.78 is -0.876. The maximum atomic E-state index is 12.8. The molecule has 0 aromatic heterocycles. The molecule has 0 amide bonds. The third-order valence-electron chi connectivity index (χ3n) is 5.14. The Bertz CT molecular complexity index is 799. The average Bonchev–Trinajstić information content (AvgIpc) is 3.18. The molecule has 2 aliphatic rings. The van der Waals surface area contributed by atoms with Crippen molar-refractivity contribution in [1.29, 1.82) is 0 Å². The molecule has 0 spiro atoms. The number of Topliss-reactive ketones (excluding diaryl/α,β-unsaturated/α-hetero) is 1. The van der Waals surface area contributed by atoms with Crippen molar-refractivity contribution >= 4 is 27.5 Å². The summed E-state index contributed by atoms with van der Waals surface area (Å²) in [5, 5.41) is 0. The largest absolute Gasteiger partial charge is 0.294 e. The average molecular weight is 367 g/mol. The van der Waals surface area contributed by atoms with Crippen LogP contribution in [-0.4, -0.2) is 15.9 Å². The highest BCUT2D eigenvalue weighted by atomic mass is 79.9. The SMILES string of the molecule is CC1=CC(=O)[C@]2(Br)[C@H](C1=O)C2(c1ccccc1)c1ccccc1. The highest BCUT2D eigenvalue weighted by molar-refractivity contribution is 9.10. The molecule has 0 aliphatic heterocycles. The Morgan fingerprint density at radius 2 is 1.35 bits per heavy atom. The first-order valence-corrected chi connectivity index (χ1v) is 8.40. The third-order valence-corrected chi connectivity index (χ3v) is 6.61. The second-order valence-electron chi connectivity index (χ2n) is 6.24. The molecule has 2 aliphatic carbocycles. The Balaban J connectivity index is 2.02. The highest BCUT2D eigenvalue weighted by Gasteiger charge is 2.83. The van der Waals surface area contributed by atoms with Crippen molar-refractivity contribution < 1.29 is 9.59 Å². The lowest BCUT2D eigenvalue weighted by molar-refractivity contribution is -0.121. The standard InChI is InChI=1S/C20H15BrO2/c1-13-12-16(22)20(21)18(17(13)23)19(20,14-8-4-2-5-9-14)15-10-6-3-7-11-15/h2-12,18H,1H3/t18-,20+/m1/s1. The molecule has 23 heavy (non-hydrogen) atoms. The zero-order valence-corrected chi connectivity index (χ0v) is 14.2. The lowest BCUT2D eigenvalue weighted by Crippen LogP contribution is -2.28. The van der Waals surface area contributed by atoms with E-state index in [1.165, 1.54) is 6.08 Å². The fourth-order valence-corrected chi connectivity index (χ4v) is 5.31. The molecule has 2 nitrogen and oxygen atoms in total. The van der Waals surface area contributed by atoms with Crippen LogP contribution in [-0.2, 0) is 15.0 Å². The molecule has 0 bridgehead atoms. The van der Waals surface area contributed by atoms with Crippen LogP contribution in [0, 0.1) is 5.92 Å². The third kappa shape index (κ3) is 1.63. The van der Waals surface area contributed by atoms with Gasteiger partial charge in [0.2, 0.25) is 0 Å². The number of allylic oxidation sites excluding steroid dienone is 2. The predicted molar refractivity (Wildman–Crippen MR) is 92.6 cm³/mol. The van der Waals surface area contributed by atoms with Gasteiger partial charge in [0, 0.05) is 0 Å². The Morgan fingerprint density at radius 3 is 1.83 bits per heavy atom. The summed E-state index contributed by atoms with van der Waals surface area (Å²) in [7, 11) is 0. The monoisotopic (exact) mass is 366 g/mol. The second-order valence-corrected chi connectivity index (χ2v) is 7.49. The van der Waals surface area contributed by atoms with E-state index in [0.717, 1.165) is 11.1 Å². The first-order chi connectivity index (χ1) is 11.0. The van der Waals surface area contributed by atoms with Crippen LogP contribution in [0.25, 0.3) is 0 Å². The van der Waals surface area contributed by atoms with Crippen LogP contribution in [0.2, 0.25) is 0 Å². The first-order valence-electron chi connectivity index (χ1n) is 7.61. The maximum Gasteiger partial charge on any atom is 0.174 e. The highest BCUT2D eigenvalue weighted by Crippen LogP contribution is 2.73.